The summed E-state index contributed by atoms with van der Waals surface area (Å²) in [6.45, 7) is 1.20. The van der Waals surface area contributed by atoms with Gasteiger partial charge in [-0.05, 0) is 53.4 Å². The van der Waals surface area contributed by atoms with E-state index in [1.54, 1.807) is 18.3 Å². The van der Waals surface area contributed by atoms with Gasteiger partial charge in [0.2, 0.25) is 0 Å². The van der Waals surface area contributed by atoms with Crippen LogP contribution in [0.1, 0.15) is 21.5 Å². The van der Waals surface area contributed by atoms with Crippen molar-refractivity contribution in [1.82, 2.24) is 10.3 Å². The molecule has 0 unspecified atom stereocenters. The van der Waals surface area contributed by atoms with E-state index in [0.29, 0.717) is 12.1 Å². The van der Waals surface area contributed by atoms with Crippen LogP contribution in [0.25, 0.3) is 11.1 Å². The smallest absolute Gasteiger partial charge is 0.251 e. The van der Waals surface area contributed by atoms with Gasteiger partial charge in [-0.1, -0.05) is 24.3 Å². The summed E-state index contributed by atoms with van der Waals surface area (Å²) in [4.78, 5) is 16.7. The minimum Gasteiger partial charge on any atom is -0.369 e. The second-order valence-electron chi connectivity index (χ2n) is 6.25. The number of hydrogen-bond acceptors (Lipinski definition) is 3. The van der Waals surface area contributed by atoms with Crippen LogP contribution in [0.2, 0.25) is 0 Å². The number of rotatable bonds is 4. The van der Waals surface area contributed by atoms with Gasteiger partial charge in [0.1, 0.15) is 11.6 Å². The molecule has 2 aromatic carbocycles. The Morgan fingerprint density at radius 2 is 2.00 bits per heavy atom. The molecule has 0 radical (unpaired) electrons. The second kappa shape index (κ2) is 6.96. The monoisotopic (exact) mass is 347 g/mol. The van der Waals surface area contributed by atoms with E-state index in [4.69, 9.17) is 0 Å². The molecule has 0 aliphatic carbocycles. The average molecular weight is 347 g/mol. The first-order chi connectivity index (χ1) is 12.7. The van der Waals surface area contributed by atoms with Gasteiger partial charge in [-0.15, -0.1) is 0 Å². The fraction of sp³-hybridized carbons (Fsp3) is 0.143. The fourth-order valence-corrected chi connectivity index (χ4v) is 3.21. The van der Waals surface area contributed by atoms with Crippen LogP contribution in [0, 0.1) is 5.82 Å². The molecule has 1 amide bonds. The molecule has 1 aliphatic rings. The van der Waals surface area contributed by atoms with Gasteiger partial charge in [0.05, 0.1) is 0 Å². The third kappa shape index (κ3) is 3.28. The number of anilines is 1. The van der Waals surface area contributed by atoms with Crippen molar-refractivity contribution >= 4 is 11.7 Å². The molecule has 3 aromatic rings. The number of carbonyl (C=O) groups excluding carboxylic acids is 1. The van der Waals surface area contributed by atoms with Gasteiger partial charge in [-0.3, -0.25) is 4.79 Å². The molecule has 0 saturated carbocycles. The summed E-state index contributed by atoms with van der Waals surface area (Å²) in [6.07, 6.45) is 2.75. The third-order valence-corrected chi connectivity index (χ3v) is 4.52. The van der Waals surface area contributed by atoms with E-state index in [0.717, 1.165) is 35.5 Å². The number of nitrogens with one attached hydrogen (secondary N) is 2. The maximum Gasteiger partial charge on any atom is 0.251 e. The molecule has 130 valence electrons. The lowest BCUT2D eigenvalue weighted by Gasteiger charge is -2.09. The van der Waals surface area contributed by atoms with E-state index in [9.17, 15) is 9.18 Å². The van der Waals surface area contributed by atoms with Gasteiger partial charge in [0.25, 0.3) is 5.91 Å². The number of benzene rings is 2. The Kier molecular flexibility index (Phi) is 4.35. The fourth-order valence-electron chi connectivity index (χ4n) is 3.21. The van der Waals surface area contributed by atoms with E-state index >= 15 is 0 Å². The van der Waals surface area contributed by atoms with Crippen LogP contribution in [0.15, 0.2) is 60.8 Å². The van der Waals surface area contributed by atoms with Crippen molar-refractivity contribution in [2.75, 3.05) is 11.9 Å². The normalized spacial score (nSPS) is 12.3. The van der Waals surface area contributed by atoms with E-state index < -0.39 is 0 Å². The molecule has 4 nitrogen and oxygen atoms in total. The zero-order valence-electron chi connectivity index (χ0n) is 14.1. The van der Waals surface area contributed by atoms with E-state index in [1.807, 2.05) is 30.3 Å². The molecule has 2 N–H and O–H groups in total. The molecule has 26 heavy (non-hydrogen) atoms. The maximum atomic E-state index is 13.2. The first-order valence-electron chi connectivity index (χ1n) is 8.55. The summed E-state index contributed by atoms with van der Waals surface area (Å²) in [5.41, 5.74) is 4.74. The SMILES string of the molecule is O=C(NCc1cccc(F)c1)c1ccc(-c2ccnc3c2CCN3)cc1. The van der Waals surface area contributed by atoms with Crippen LogP contribution in [0.3, 0.4) is 0 Å². The predicted octanol–water partition coefficient (Wildman–Crippen LogP) is 3.79. The van der Waals surface area contributed by atoms with Gasteiger partial charge >= 0.3 is 0 Å². The van der Waals surface area contributed by atoms with Crippen molar-refractivity contribution in [2.45, 2.75) is 13.0 Å². The molecule has 0 spiro atoms. The number of carbonyl (C=O) groups is 1. The lowest BCUT2D eigenvalue weighted by molar-refractivity contribution is 0.0951. The van der Waals surface area contributed by atoms with Crippen molar-refractivity contribution in [1.29, 1.82) is 0 Å². The Morgan fingerprint density at radius 1 is 1.15 bits per heavy atom. The third-order valence-electron chi connectivity index (χ3n) is 4.52. The Morgan fingerprint density at radius 3 is 2.81 bits per heavy atom. The molecule has 1 aromatic heterocycles. The standard InChI is InChI=1S/C21H18FN3O/c22-17-3-1-2-14(12-17)13-25-21(26)16-6-4-15(5-7-16)18-8-10-23-20-19(18)9-11-24-20/h1-8,10,12H,9,11,13H2,(H,23,24)(H,25,26). The van der Waals surface area contributed by atoms with Gasteiger partial charge in [0, 0.05) is 30.4 Å². The largest absolute Gasteiger partial charge is 0.369 e. The Bertz CT molecular complexity index is 954. The minimum absolute atomic E-state index is 0.178. The Balaban J connectivity index is 1.48. The molecule has 1 aliphatic heterocycles. The van der Waals surface area contributed by atoms with Crippen molar-refractivity contribution in [2.24, 2.45) is 0 Å². The van der Waals surface area contributed by atoms with Gasteiger partial charge in [0.15, 0.2) is 0 Å². The number of amides is 1. The summed E-state index contributed by atoms with van der Waals surface area (Å²) in [5, 5.41) is 6.09. The molecular formula is C21H18FN3O. The Hall–Kier alpha value is -3.21. The first-order valence-corrected chi connectivity index (χ1v) is 8.55. The highest BCUT2D eigenvalue weighted by molar-refractivity contribution is 5.94. The Labute approximate surface area is 151 Å². The summed E-state index contributed by atoms with van der Waals surface area (Å²) < 4.78 is 13.2. The summed E-state index contributed by atoms with van der Waals surface area (Å²) >= 11 is 0. The van der Waals surface area contributed by atoms with Crippen molar-refractivity contribution in [3.8, 4) is 11.1 Å². The van der Waals surface area contributed by atoms with Crippen LogP contribution in [-0.4, -0.2) is 17.4 Å². The quantitative estimate of drug-likeness (QED) is 0.755. The van der Waals surface area contributed by atoms with Gasteiger partial charge < -0.3 is 10.6 Å². The summed E-state index contributed by atoms with van der Waals surface area (Å²) in [5.74, 6) is 0.460. The highest BCUT2D eigenvalue weighted by Gasteiger charge is 2.16. The zero-order valence-corrected chi connectivity index (χ0v) is 14.1. The van der Waals surface area contributed by atoms with Crippen molar-refractivity contribution < 1.29 is 9.18 Å². The zero-order chi connectivity index (χ0) is 17.9. The van der Waals surface area contributed by atoms with Crippen LogP contribution in [0.5, 0.6) is 0 Å². The molecule has 0 saturated heterocycles. The maximum absolute atomic E-state index is 13.2. The van der Waals surface area contributed by atoms with Crippen molar-refractivity contribution in [3.63, 3.8) is 0 Å². The van der Waals surface area contributed by atoms with Crippen LogP contribution < -0.4 is 10.6 Å². The minimum atomic E-state index is -0.305. The molecule has 5 heteroatoms. The van der Waals surface area contributed by atoms with Crippen LogP contribution in [-0.2, 0) is 13.0 Å². The average Bonchev–Trinajstić information content (AvgIpc) is 3.15. The van der Waals surface area contributed by atoms with Crippen LogP contribution >= 0.6 is 0 Å². The molecule has 0 atom stereocenters. The lowest BCUT2D eigenvalue weighted by atomic mass is 9.99. The molecule has 0 fully saturated rings. The predicted molar refractivity (Wildman–Crippen MR) is 99.4 cm³/mol. The van der Waals surface area contributed by atoms with Crippen molar-refractivity contribution in [3.05, 3.63) is 83.3 Å². The van der Waals surface area contributed by atoms with E-state index in [2.05, 4.69) is 15.6 Å². The number of pyridine rings is 1. The number of halogens is 1. The van der Waals surface area contributed by atoms with Crippen LogP contribution in [0.4, 0.5) is 10.2 Å². The molecular weight excluding hydrogens is 329 g/mol. The number of hydrogen-bond donors (Lipinski definition) is 2. The second-order valence-corrected chi connectivity index (χ2v) is 6.25. The highest BCUT2D eigenvalue weighted by atomic mass is 19.1. The lowest BCUT2D eigenvalue weighted by Crippen LogP contribution is -2.22. The number of aromatic nitrogens is 1. The highest BCUT2D eigenvalue weighted by Crippen LogP contribution is 2.31. The van der Waals surface area contributed by atoms with Gasteiger partial charge in [-0.25, -0.2) is 9.37 Å². The first kappa shape index (κ1) is 16.3. The molecule has 0 bridgehead atoms. The summed E-state index contributed by atoms with van der Waals surface area (Å²) in [7, 11) is 0. The summed E-state index contributed by atoms with van der Waals surface area (Å²) in [6, 6.07) is 15.7. The van der Waals surface area contributed by atoms with E-state index in [1.165, 1.54) is 17.7 Å². The van der Waals surface area contributed by atoms with Gasteiger partial charge in [-0.2, -0.15) is 0 Å². The molecule has 2 heterocycles. The molecule has 4 rings (SSSR count). The van der Waals surface area contributed by atoms with E-state index in [-0.39, 0.29) is 11.7 Å². The number of fused-ring (bicyclic) bond motifs is 1. The number of nitrogens with zero attached hydrogens (tertiary/aromatic N) is 1. The topological polar surface area (TPSA) is 54.0 Å².